The average Bonchev–Trinajstić information content (AvgIpc) is 1.61. The van der Waals surface area contributed by atoms with Crippen LogP contribution in [0, 0.1) is 0 Å². The van der Waals surface area contributed by atoms with E-state index in [2.05, 4.69) is 25.3 Å². The second-order valence-electron chi connectivity index (χ2n) is 1.15. The number of unbranched alkanes of at least 4 members (excludes halogenated alkanes) is 1. The summed E-state index contributed by atoms with van der Waals surface area (Å²) in [5.41, 5.74) is 0. The van der Waals surface area contributed by atoms with Crippen LogP contribution in [0.25, 0.3) is 0 Å². The molecule has 0 nitrogen and oxygen atoms in total. The van der Waals surface area contributed by atoms with Crippen molar-refractivity contribution in [2.75, 3.05) is 11.5 Å². The zero-order valence-corrected chi connectivity index (χ0v) is 11.5. The van der Waals surface area contributed by atoms with E-state index in [0.717, 1.165) is 11.5 Å². The van der Waals surface area contributed by atoms with Crippen LogP contribution in [0.15, 0.2) is 0 Å². The van der Waals surface area contributed by atoms with Gasteiger partial charge in [-0.05, 0) is 24.3 Å². The first-order chi connectivity index (χ1) is 2.91. The summed E-state index contributed by atoms with van der Waals surface area (Å²) in [6.45, 7) is 0. The molecule has 0 radical (unpaired) electrons. The van der Waals surface area contributed by atoms with Gasteiger partial charge in [-0.1, -0.05) is 0 Å². The van der Waals surface area contributed by atoms with Crippen LogP contribution in [-0.4, -0.2) is 11.5 Å². The van der Waals surface area contributed by atoms with Gasteiger partial charge in [-0.15, -0.1) is 0 Å². The van der Waals surface area contributed by atoms with Crippen LogP contribution in [0.1, 0.15) is 15.7 Å². The first-order valence-corrected chi connectivity index (χ1v) is 3.40. The van der Waals surface area contributed by atoms with Crippen molar-refractivity contribution < 1.29 is 62.0 Å². The van der Waals surface area contributed by atoms with E-state index in [4.69, 9.17) is 0 Å². The Morgan fingerprint density at radius 3 is 1.25 bits per heavy atom. The molecule has 0 atom stereocenters. The molecule has 0 bridgehead atoms. The molecule has 0 heterocycles. The predicted octanol–water partition coefficient (Wildman–Crippen LogP) is -4.14. The Kier molecular flexibility index (Phi) is 34.7. The molecule has 4 heteroatoms. The third-order valence-corrected chi connectivity index (χ3v) is 1.20. The molecule has 0 aromatic rings. The van der Waals surface area contributed by atoms with Gasteiger partial charge in [-0.2, -0.15) is 25.3 Å². The maximum absolute atomic E-state index is 4.02. The maximum Gasteiger partial charge on any atom is 1.00 e. The van der Waals surface area contributed by atoms with Crippen LogP contribution in [0.5, 0.6) is 0 Å². The molecule has 0 spiro atoms. The first-order valence-electron chi connectivity index (χ1n) is 2.13. The fourth-order valence-electron chi connectivity index (χ4n) is 0.224. The summed E-state index contributed by atoms with van der Waals surface area (Å²) in [5, 5.41) is 0. The smallest absolute Gasteiger partial charge is 1.00 e. The number of hydrogen-bond acceptors (Lipinski definition) is 2. The molecule has 0 rings (SSSR count). The largest absolute Gasteiger partial charge is 1.00 e. The van der Waals surface area contributed by atoms with Gasteiger partial charge in [0.2, 0.25) is 0 Å². The third-order valence-electron chi connectivity index (χ3n) is 0.566. The number of rotatable bonds is 3. The van der Waals surface area contributed by atoms with Gasteiger partial charge >= 0.3 is 59.1 Å². The van der Waals surface area contributed by atoms with Crippen molar-refractivity contribution in [1.29, 1.82) is 0 Å². The van der Waals surface area contributed by atoms with Gasteiger partial charge in [0.15, 0.2) is 0 Å². The summed E-state index contributed by atoms with van der Waals surface area (Å²) in [5.74, 6) is 2.00. The molecule has 8 heavy (non-hydrogen) atoms. The second kappa shape index (κ2) is 16.4. The van der Waals surface area contributed by atoms with Crippen LogP contribution < -0.4 is 59.1 Å². The van der Waals surface area contributed by atoms with Crippen molar-refractivity contribution in [1.82, 2.24) is 0 Å². The summed E-state index contributed by atoms with van der Waals surface area (Å²) >= 11 is 8.04. The number of thiol groups is 2. The quantitative estimate of drug-likeness (QED) is 0.240. The summed E-state index contributed by atoms with van der Waals surface area (Å²) < 4.78 is 0. The van der Waals surface area contributed by atoms with E-state index in [9.17, 15) is 0 Å². The van der Waals surface area contributed by atoms with Crippen LogP contribution in [0.4, 0.5) is 0 Å². The Labute approximate surface area is 110 Å². The molecular weight excluding hydrogens is 158 g/mol. The molecule has 0 aromatic heterocycles. The first kappa shape index (κ1) is 17.0. The summed E-state index contributed by atoms with van der Waals surface area (Å²) in [6, 6.07) is 0. The average molecular weight is 170 g/mol. The maximum atomic E-state index is 4.02. The van der Waals surface area contributed by atoms with E-state index in [1.54, 1.807) is 0 Å². The van der Waals surface area contributed by atoms with Gasteiger partial charge in [0.05, 0.1) is 0 Å². The number of hydrogen-bond donors (Lipinski definition) is 2. The van der Waals surface area contributed by atoms with Crippen molar-refractivity contribution in [3.8, 4) is 0 Å². The summed E-state index contributed by atoms with van der Waals surface area (Å²) in [7, 11) is 0. The molecule has 0 aliphatic heterocycles. The van der Waals surface area contributed by atoms with Crippen LogP contribution in [0.3, 0.4) is 0 Å². The Morgan fingerprint density at radius 1 is 0.875 bits per heavy atom. The molecule has 0 saturated heterocycles. The zero-order chi connectivity index (χ0) is 4.83. The van der Waals surface area contributed by atoms with E-state index >= 15 is 0 Å². The monoisotopic (exact) mass is 170 g/mol. The van der Waals surface area contributed by atoms with Gasteiger partial charge in [0.25, 0.3) is 0 Å². The Bertz CT molecular complexity index is 31.2. The van der Waals surface area contributed by atoms with E-state index in [1.807, 2.05) is 0 Å². The normalized spacial score (nSPS) is 6.75. The van der Waals surface area contributed by atoms with Crippen molar-refractivity contribution in [3.63, 3.8) is 0 Å². The van der Waals surface area contributed by atoms with E-state index < -0.39 is 0 Å². The van der Waals surface area contributed by atoms with E-state index in [1.165, 1.54) is 12.8 Å². The molecular formula is C4H12Na2S2. The minimum absolute atomic E-state index is 0. The van der Waals surface area contributed by atoms with E-state index in [0.29, 0.717) is 0 Å². The predicted molar refractivity (Wildman–Crippen MR) is 39.2 cm³/mol. The Balaban J connectivity index is -0.0000000208. The molecule has 0 fully saturated rings. The molecule has 0 amide bonds. The molecule has 42 valence electrons. The fraction of sp³-hybridized carbons (Fsp3) is 1.00. The third kappa shape index (κ3) is 15.9. The van der Waals surface area contributed by atoms with Gasteiger partial charge in [-0.25, -0.2) is 0 Å². The van der Waals surface area contributed by atoms with Crippen LogP contribution in [0.2, 0.25) is 0 Å². The molecule has 0 saturated carbocycles. The Hall–Kier alpha value is 2.70. The second-order valence-corrected chi connectivity index (χ2v) is 2.05. The van der Waals surface area contributed by atoms with Gasteiger partial charge < -0.3 is 2.85 Å². The molecule has 0 aromatic carbocycles. The minimum Gasteiger partial charge on any atom is -1.00 e. The van der Waals surface area contributed by atoms with Crippen molar-refractivity contribution in [2.24, 2.45) is 0 Å². The molecule has 0 unspecified atom stereocenters. The standard InChI is InChI=1S/C4H10S2.2Na.2H/c5-3-1-2-4-6;;;;/h5-6H,1-4H2;;;;/q;2*+1;2*-1. The molecule has 0 aliphatic rings. The Morgan fingerprint density at radius 2 is 1.12 bits per heavy atom. The summed E-state index contributed by atoms with van der Waals surface area (Å²) in [6.07, 6.45) is 2.40. The van der Waals surface area contributed by atoms with Gasteiger partial charge in [0.1, 0.15) is 0 Å². The SMILES string of the molecule is SCCCCS.[H-].[H-].[Na+].[Na+]. The van der Waals surface area contributed by atoms with Crippen molar-refractivity contribution >= 4 is 25.3 Å². The summed E-state index contributed by atoms with van der Waals surface area (Å²) in [4.78, 5) is 0. The molecule has 0 N–H and O–H groups in total. The van der Waals surface area contributed by atoms with Crippen LogP contribution in [-0.2, 0) is 0 Å². The topological polar surface area (TPSA) is 0 Å². The minimum atomic E-state index is 0. The van der Waals surface area contributed by atoms with Crippen LogP contribution >= 0.6 is 25.3 Å². The molecule has 0 aliphatic carbocycles. The van der Waals surface area contributed by atoms with Crippen molar-refractivity contribution in [2.45, 2.75) is 12.8 Å². The fourth-order valence-corrected chi connectivity index (χ4v) is 0.671. The van der Waals surface area contributed by atoms with Gasteiger partial charge in [-0.3, -0.25) is 0 Å². The van der Waals surface area contributed by atoms with E-state index in [-0.39, 0.29) is 62.0 Å². The van der Waals surface area contributed by atoms with Gasteiger partial charge in [0, 0.05) is 0 Å². The van der Waals surface area contributed by atoms with Crippen molar-refractivity contribution in [3.05, 3.63) is 0 Å². The zero-order valence-electron chi connectivity index (χ0n) is 7.72.